The van der Waals surface area contributed by atoms with Crippen LogP contribution in [-0.4, -0.2) is 43.9 Å². The molecule has 3 unspecified atom stereocenters. The number of imidazole rings is 1. The number of anilines is 1. The number of rotatable bonds is 5. The molecule has 1 saturated heterocycles. The molecule has 0 saturated carbocycles. The van der Waals surface area contributed by atoms with Crippen LogP contribution < -0.4 is 10.5 Å². The minimum absolute atomic E-state index is 0.0148. The molecule has 3 atom stereocenters. The Morgan fingerprint density at radius 2 is 2.27 bits per heavy atom. The third-order valence-electron chi connectivity index (χ3n) is 3.99. The smallest absolute Gasteiger partial charge is 0.247 e. The predicted octanol–water partition coefficient (Wildman–Crippen LogP) is 1.11. The maximum absolute atomic E-state index is 9.35. The van der Waals surface area contributed by atoms with Crippen LogP contribution in [-0.2, 0) is 4.74 Å². The highest BCUT2D eigenvalue weighted by molar-refractivity contribution is 5.77. The summed E-state index contributed by atoms with van der Waals surface area (Å²) in [6.07, 6.45) is 3.07. The van der Waals surface area contributed by atoms with Gasteiger partial charge in [0.05, 0.1) is 25.6 Å². The van der Waals surface area contributed by atoms with Crippen molar-refractivity contribution < 1.29 is 14.6 Å². The molecule has 120 valence electrons. The van der Waals surface area contributed by atoms with Crippen LogP contribution in [0.5, 0.6) is 5.88 Å². The molecule has 1 aliphatic heterocycles. The summed E-state index contributed by atoms with van der Waals surface area (Å²) in [5.74, 6) is 0.817. The van der Waals surface area contributed by atoms with E-state index < -0.39 is 0 Å². The number of nitrogens with zero attached hydrogens (tertiary/aromatic N) is 4. The van der Waals surface area contributed by atoms with Gasteiger partial charge >= 0.3 is 0 Å². The van der Waals surface area contributed by atoms with Crippen LogP contribution in [0.4, 0.5) is 5.95 Å². The molecular weight excluding hydrogens is 286 g/mol. The number of aromatic nitrogens is 4. The van der Waals surface area contributed by atoms with Gasteiger partial charge in [-0.2, -0.15) is 9.97 Å². The van der Waals surface area contributed by atoms with Crippen LogP contribution in [0, 0.1) is 5.92 Å². The molecule has 8 nitrogen and oxygen atoms in total. The molecule has 0 amide bonds. The fraction of sp³-hybridized carbons (Fsp3) is 0.643. The van der Waals surface area contributed by atoms with Crippen molar-refractivity contribution in [3.63, 3.8) is 0 Å². The summed E-state index contributed by atoms with van der Waals surface area (Å²) in [5, 5.41) is 9.35. The highest BCUT2D eigenvalue weighted by Crippen LogP contribution is 2.38. The fourth-order valence-electron chi connectivity index (χ4n) is 2.93. The Labute approximate surface area is 128 Å². The molecule has 1 aliphatic rings. The Bertz CT molecular complexity index is 659. The first-order valence-corrected chi connectivity index (χ1v) is 7.57. The zero-order valence-electron chi connectivity index (χ0n) is 12.8. The lowest BCUT2D eigenvalue weighted by molar-refractivity contribution is -0.0314. The van der Waals surface area contributed by atoms with Crippen molar-refractivity contribution in [1.82, 2.24) is 19.5 Å². The number of nitrogens with two attached hydrogens (primary N) is 1. The van der Waals surface area contributed by atoms with E-state index in [2.05, 4.69) is 21.9 Å². The van der Waals surface area contributed by atoms with Crippen LogP contribution in [0.25, 0.3) is 11.2 Å². The monoisotopic (exact) mass is 307 g/mol. The predicted molar refractivity (Wildman–Crippen MR) is 80.3 cm³/mol. The average Bonchev–Trinajstić information content (AvgIpc) is 3.10. The number of aliphatic hydroxyl groups excluding tert-OH is 1. The fourth-order valence-corrected chi connectivity index (χ4v) is 2.93. The third-order valence-corrected chi connectivity index (χ3v) is 3.99. The lowest BCUT2D eigenvalue weighted by Gasteiger charge is -2.19. The Hall–Kier alpha value is -1.93. The zero-order chi connectivity index (χ0) is 15.7. The van der Waals surface area contributed by atoms with Crippen LogP contribution in [0.1, 0.15) is 32.9 Å². The first kappa shape index (κ1) is 15.0. The molecule has 3 heterocycles. The minimum atomic E-state index is -0.212. The van der Waals surface area contributed by atoms with Crippen molar-refractivity contribution in [2.75, 3.05) is 18.9 Å². The summed E-state index contributed by atoms with van der Waals surface area (Å²) in [6, 6.07) is 0. The van der Waals surface area contributed by atoms with Gasteiger partial charge in [-0.3, -0.25) is 4.57 Å². The molecule has 8 heteroatoms. The number of fused-ring (bicyclic) bond motifs is 1. The van der Waals surface area contributed by atoms with Gasteiger partial charge < -0.3 is 20.3 Å². The standard InChI is InChI=1S/C14H21N5O3/c1-3-8-5-9(6-20)22-13(8)19-7-16-10-11(19)17-14(15)18-12(10)21-4-2/h7-9,13,20H,3-6H2,1-2H3,(H2,15,17,18). The van der Waals surface area contributed by atoms with Crippen LogP contribution >= 0.6 is 0 Å². The van der Waals surface area contributed by atoms with Gasteiger partial charge in [-0.1, -0.05) is 6.92 Å². The number of aliphatic hydroxyl groups is 1. The summed E-state index contributed by atoms with van der Waals surface area (Å²) in [4.78, 5) is 12.7. The van der Waals surface area contributed by atoms with Gasteiger partial charge in [0.1, 0.15) is 6.23 Å². The van der Waals surface area contributed by atoms with E-state index in [0.717, 1.165) is 12.8 Å². The van der Waals surface area contributed by atoms with E-state index in [9.17, 15) is 5.11 Å². The van der Waals surface area contributed by atoms with Crippen LogP contribution in [0.2, 0.25) is 0 Å². The Balaban J connectivity index is 2.04. The molecule has 0 radical (unpaired) electrons. The van der Waals surface area contributed by atoms with Crippen molar-refractivity contribution in [2.45, 2.75) is 39.0 Å². The number of hydrogen-bond acceptors (Lipinski definition) is 7. The molecule has 0 bridgehead atoms. The Morgan fingerprint density at radius 3 is 2.95 bits per heavy atom. The van der Waals surface area contributed by atoms with E-state index in [1.54, 1.807) is 6.33 Å². The van der Waals surface area contributed by atoms with Gasteiger partial charge in [-0.25, -0.2) is 4.98 Å². The van der Waals surface area contributed by atoms with Gasteiger partial charge in [-0.05, 0) is 19.8 Å². The molecule has 3 N–H and O–H groups in total. The molecular formula is C14H21N5O3. The highest BCUT2D eigenvalue weighted by Gasteiger charge is 2.36. The van der Waals surface area contributed by atoms with Crippen molar-refractivity contribution >= 4 is 17.1 Å². The van der Waals surface area contributed by atoms with Crippen LogP contribution in [0.3, 0.4) is 0 Å². The maximum atomic E-state index is 9.35. The number of ether oxygens (including phenoxy) is 2. The number of hydrogen-bond donors (Lipinski definition) is 2. The van der Waals surface area contributed by atoms with Crippen LogP contribution in [0.15, 0.2) is 6.33 Å². The zero-order valence-corrected chi connectivity index (χ0v) is 12.8. The third kappa shape index (κ3) is 2.48. The largest absolute Gasteiger partial charge is 0.476 e. The van der Waals surface area contributed by atoms with Crippen molar-refractivity contribution in [1.29, 1.82) is 0 Å². The first-order valence-electron chi connectivity index (χ1n) is 7.57. The lowest BCUT2D eigenvalue weighted by atomic mass is 10.0. The summed E-state index contributed by atoms with van der Waals surface area (Å²) in [5.41, 5.74) is 6.94. The topological polar surface area (TPSA) is 108 Å². The van der Waals surface area contributed by atoms with E-state index in [1.165, 1.54) is 0 Å². The van der Waals surface area contributed by atoms with E-state index in [0.29, 0.717) is 29.6 Å². The molecule has 22 heavy (non-hydrogen) atoms. The normalized spacial score (nSPS) is 25.0. The summed E-state index contributed by atoms with van der Waals surface area (Å²) in [7, 11) is 0. The summed E-state index contributed by atoms with van der Waals surface area (Å²) >= 11 is 0. The van der Waals surface area contributed by atoms with Gasteiger partial charge in [0.15, 0.2) is 11.2 Å². The molecule has 1 fully saturated rings. The van der Waals surface area contributed by atoms with E-state index >= 15 is 0 Å². The average molecular weight is 307 g/mol. The molecule has 3 rings (SSSR count). The second-order valence-corrected chi connectivity index (χ2v) is 5.38. The molecule has 2 aromatic heterocycles. The Kier molecular flexibility index (Phi) is 4.12. The van der Waals surface area contributed by atoms with E-state index in [-0.39, 0.29) is 24.9 Å². The van der Waals surface area contributed by atoms with Gasteiger partial charge in [-0.15, -0.1) is 0 Å². The van der Waals surface area contributed by atoms with E-state index in [4.69, 9.17) is 15.2 Å². The molecule has 2 aromatic rings. The first-order chi connectivity index (χ1) is 10.7. The molecule has 0 aromatic carbocycles. The van der Waals surface area contributed by atoms with Crippen molar-refractivity contribution in [3.8, 4) is 5.88 Å². The van der Waals surface area contributed by atoms with Gasteiger partial charge in [0.2, 0.25) is 11.8 Å². The lowest BCUT2D eigenvalue weighted by Crippen LogP contribution is -2.16. The van der Waals surface area contributed by atoms with Gasteiger partial charge in [0, 0.05) is 5.92 Å². The van der Waals surface area contributed by atoms with Crippen molar-refractivity contribution in [2.24, 2.45) is 5.92 Å². The van der Waals surface area contributed by atoms with Crippen molar-refractivity contribution in [3.05, 3.63) is 6.33 Å². The SMILES string of the molecule is CCOc1nc(N)nc2c1ncn2C1OC(CO)CC1CC. The quantitative estimate of drug-likeness (QED) is 0.851. The second-order valence-electron chi connectivity index (χ2n) is 5.38. The summed E-state index contributed by atoms with van der Waals surface area (Å²) < 4.78 is 13.3. The highest BCUT2D eigenvalue weighted by atomic mass is 16.5. The van der Waals surface area contributed by atoms with Gasteiger partial charge in [0.25, 0.3) is 0 Å². The van der Waals surface area contributed by atoms with E-state index in [1.807, 2.05) is 11.5 Å². The number of nitrogen functional groups attached to an aromatic ring is 1. The molecule has 0 aliphatic carbocycles. The Morgan fingerprint density at radius 1 is 1.45 bits per heavy atom. The second kappa shape index (κ2) is 6.05. The maximum Gasteiger partial charge on any atom is 0.247 e. The molecule has 0 spiro atoms. The summed E-state index contributed by atoms with van der Waals surface area (Å²) in [6.45, 7) is 4.47. The minimum Gasteiger partial charge on any atom is -0.476 e.